The van der Waals surface area contributed by atoms with Crippen LogP contribution in [0.5, 0.6) is 0 Å². The van der Waals surface area contributed by atoms with Gasteiger partial charge in [-0.05, 0) is 42.8 Å². The molecule has 7 heteroatoms. The van der Waals surface area contributed by atoms with E-state index in [1.54, 1.807) is 19.2 Å². The first kappa shape index (κ1) is 17.5. The Balaban J connectivity index is 1.79. The first-order valence-corrected chi connectivity index (χ1v) is 8.49. The van der Waals surface area contributed by atoms with Crippen LogP contribution >= 0.6 is 11.6 Å². The molecule has 0 fully saturated rings. The highest BCUT2D eigenvalue weighted by molar-refractivity contribution is 6.33. The summed E-state index contributed by atoms with van der Waals surface area (Å²) in [6.45, 7) is 1.61. The number of imidazole rings is 1. The third-order valence-corrected chi connectivity index (χ3v) is 4.60. The van der Waals surface area contributed by atoms with Crippen molar-refractivity contribution < 1.29 is 13.2 Å². The summed E-state index contributed by atoms with van der Waals surface area (Å²) in [7, 11) is 0. The van der Waals surface area contributed by atoms with Crippen molar-refractivity contribution in [3.63, 3.8) is 0 Å². The van der Waals surface area contributed by atoms with Gasteiger partial charge < -0.3 is 4.98 Å². The molecule has 136 valence electrons. The molecule has 0 aliphatic rings. The molecule has 27 heavy (non-hydrogen) atoms. The van der Waals surface area contributed by atoms with Crippen LogP contribution in [0.25, 0.3) is 33.7 Å². The van der Waals surface area contributed by atoms with Gasteiger partial charge in [0.05, 0.1) is 27.3 Å². The number of aryl methyl sites for hydroxylation is 1. The van der Waals surface area contributed by atoms with Gasteiger partial charge in [0.2, 0.25) is 0 Å². The molecule has 2 heterocycles. The van der Waals surface area contributed by atoms with Gasteiger partial charge in [-0.3, -0.25) is 4.98 Å². The minimum absolute atomic E-state index is 0.335. The molecule has 0 radical (unpaired) electrons. The predicted molar refractivity (Wildman–Crippen MR) is 99.5 cm³/mol. The Labute approximate surface area is 157 Å². The lowest BCUT2D eigenvalue weighted by Gasteiger charge is -2.07. The molecular formula is C20H13ClF3N3. The minimum Gasteiger partial charge on any atom is -0.338 e. The molecule has 4 rings (SSSR count). The molecule has 0 unspecified atom stereocenters. The zero-order chi connectivity index (χ0) is 19.2. The summed E-state index contributed by atoms with van der Waals surface area (Å²) in [5.74, 6) is 0.460. The fourth-order valence-corrected chi connectivity index (χ4v) is 3.26. The molecule has 0 saturated heterocycles. The SMILES string of the molecule is Cc1cc(C(F)(F)F)cc2[nH]c(-c3ccc(-c4ccccn4)c(Cl)c3)nc12. The van der Waals surface area contributed by atoms with Gasteiger partial charge in [0.25, 0.3) is 0 Å². The van der Waals surface area contributed by atoms with Crippen molar-refractivity contribution in [1.82, 2.24) is 15.0 Å². The average Bonchev–Trinajstić information content (AvgIpc) is 3.06. The Bertz CT molecular complexity index is 1130. The zero-order valence-electron chi connectivity index (χ0n) is 14.1. The lowest BCUT2D eigenvalue weighted by Crippen LogP contribution is -2.05. The van der Waals surface area contributed by atoms with E-state index in [0.29, 0.717) is 33.0 Å². The summed E-state index contributed by atoms with van der Waals surface area (Å²) in [6.07, 6.45) is -2.72. The Morgan fingerprint density at radius 3 is 2.52 bits per heavy atom. The number of halogens is 4. The standard InChI is InChI=1S/C20H13ClF3N3/c1-11-8-13(20(22,23)24)10-17-18(11)27-19(26-17)12-5-6-14(15(21)9-12)16-4-2-3-7-25-16/h2-10H,1H3,(H,26,27). The van der Waals surface area contributed by atoms with E-state index in [4.69, 9.17) is 11.6 Å². The van der Waals surface area contributed by atoms with E-state index in [2.05, 4.69) is 15.0 Å². The van der Waals surface area contributed by atoms with Gasteiger partial charge in [0.15, 0.2) is 0 Å². The average molecular weight is 388 g/mol. The van der Waals surface area contributed by atoms with Gasteiger partial charge in [-0.1, -0.05) is 29.8 Å². The van der Waals surface area contributed by atoms with E-state index in [0.717, 1.165) is 23.4 Å². The maximum Gasteiger partial charge on any atom is 0.416 e. The van der Waals surface area contributed by atoms with Crippen LogP contribution in [-0.4, -0.2) is 15.0 Å². The first-order valence-electron chi connectivity index (χ1n) is 8.12. The van der Waals surface area contributed by atoms with Gasteiger partial charge in [0.1, 0.15) is 5.82 Å². The van der Waals surface area contributed by atoms with E-state index < -0.39 is 11.7 Å². The number of aromatic amines is 1. The van der Waals surface area contributed by atoms with Crippen LogP contribution < -0.4 is 0 Å². The summed E-state index contributed by atoms with van der Waals surface area (Å²) in [5.41, 5.74) is 2.79. The topological polar surface area (TPSA) is 41.6 Å². The van der Waals surface area contributed by atoms with Crippen molar-refractivity contribution in [2.24, 2.45) is 0 Å². The second kappa shape index (κ2) is 6.39. The first-order chi connectivity index (χ1) is 12.8. The van der Waals surface area contributed by atoms with Crippen molar-refractivity contribution >= 4 is 22.6 Å². The van der Waals surface area contributed by atoms with Crippen LogP contribution in [0.15, 0.2) is 54.7 Å². The van der Waals surface area contributed by atoms with E-state index in [1.807, 2.05) is 30.3 Å². The van der Waals surface area contributed by atoms with Gasteiger partial charge in [-0.15, -0.1) is 0 Å². The van der Waals surface area contributed by atoms with Gasteiger partial charge in [-0.2, -0.15) is 13.2 Å². The quantitative estimate of drug-likeness (QED) is 0.440. The second-order valence-electron chi connectivity index (χ2n) is 6.18. The molecule has 0 saturated carbocycles. The molecule has 0 atom stereocenters. The van der Waals surface area contributed by atoms with E-state index in [1.165, 1.54) is 0 Å². The number of hydrogen-bond donors (Lipinski definition) is 1. The molecule has 0 bridgehead atoms. The minimum atomic E-state index is -4.40. The Hall–Kier alpha value is -2.86. The van der Waals surface area contributed by atoms with Crippen molar-refractivity contribution in [3.8, 4) is 22.6 Å². The lowest BCUT2D eigenvalue weighted by molar-refractivity contribution is -0.137. The van der Waals surface area contributed by atoms with Crippen LogP contribution in [-0.2, 0) is 6.18 Å². The van der Waals surface area contributed by atoms with E-state index >= 15 is 0 Å². The van der Waals surface area contributed by atoms with Crippen LogP contribution in [0, 0.1) is 6.92 Å². The number of hydrogen-bond acceptors (Lipinski definition) is 2. The Morgan fingerprint density at radius 2 is 1.85 bits per heavy atom. The highest BCUT2D eigenvalue weighted by Crippen LogP contribution is 2.35. The van der Waals surface area contributed by atoms with Gasteiger partial charge >= 0.3 is 6.18 Å². The van der Waals surface area contributed by atoms with Crippen molar-refractivity contribution in [3.05, 3.63) is 70.9 Å². The molecule has 2 aromatic carbocycles. The van der Waals surface area contributed by atoms with Crippen LogP contribution in [0.1, 0.15) is 11.1 Å². The number of alkyl halides is 3. The number of pyridine rings is 1. The fourth-order valence-electron chi connectivity index (χ4n) is 2.98. The van der Waals surface area contributed by atoms with Gasteiger partial charge in [-0.25, -0.2) is 4.98 Å². The van der Waals surface area contributed by atoms with Crippen LogP contribution in [0.4, 0.5) is 13.2 Å². The third kappa shape index (κ3) is 3.28. The number of nitrogens with zero attached hydrogens (tertiary/aromatic N) is 2. The number of benzene rings is 2. The Morgan fingerprint density at radius 1 is 1.04 bits per heavy atom. The number of rotatable bonds is 2. The highest BCUT2D eigenvalue weighted by atomic mass is 35.5. The number of nitrogens with one attached hydrogen (secondary N) is 1. The zero-order valence-corrected chi connectivity index (χ0v) is 14.9. The number of aromatic nitrogens is 3. The number of fused-ring (bicyclic) bond motifs is 1. The largest absolute Gasteiger partial charge is 0.416 e. The summed E-state index contributed by atoms with van der Waals surface area (Å²) in [5, 5.41) is 0.486. The molecule has 3 nitrogen and oxygen atoms in total. The van der Waals surface area contributed by atoms with Gasteiger partial charge in [0, 0.05) is 17.3 Å². The normalized spacial score (nSPS) is 11.9. The van der Waals surface area contributed by atoms with Crippen LogP contribution in [0.3, 0.4) is 0 Å². The van der Waals surface area contributed by atoms with E-state index in [9.17, 15) is 13.2 Å². The third-order valence-electron chi connectivity index (χ3n) is 4.29. The van der Waals surface area contributed by atoms with Crippen LogP contribution in [0.2, 0.25) is 5.02 Å². The molecule has 0 amide bonds. The smallest absolute Gasteiger partial charge is 0.338 e. The molecule has 1 N–H and O–H groups in total. The summed E-state index contributed by atoms with van der Waals surface area (Å²) in [6, 6.07) is 13.1. The summed E-state index contributed by atoms with van der Waals surface area (Å²) >= 11 is 6.40. The maximum atomic E-state index is 13.0. The Kier molecular flexibility index (Phi) is 4.15. The monoisotopic (exact) mass is 387 g/mol. The predicted octanol–water partition coefficient (Wildman–Crippen LogP) is 6.27. The molecule has 4 aromatic rings. The molecule has 2 aromatic heterocycles. The summed E-state index contributed by atoms with van der Waals surface area (Å²) < 4.78 is 39.1. The van der Waals surface area contributed by atoms with E-state index in [-0.39, 0.29) is 0 Å². The van der Waals surface area contributed by atoms with Crippen molar-refractivity contribution in [2.45, 2.75) is 13.1 Å². The maximum absolute atomic E-state index is 13.0. The summed E-state index contributed by atoms with van der Waals surface area (Å²) in [4.78, 5) is 11.7. The second-order valence-corrected chi connectivity index (χ2v) is 6.59. The fraction of sp³-hybridized carbons (Fsp3) is 0.100. The molecule has 0 aliphatic carbocycles. The highest BCUT2D eigenvalue weighted by Gasteiger charge is 2.31. The molecule has 0 aliphatic heterocycles. The lowest BCUT2D eigenvalue weighted by atomic mass is 10.1. The molecular weight excluding hydrogens is 375 g/mol. The number of H-pyrrole nitrogens is 1. The van der Waals surface area contributed by atoms with Crippen molar-refractivity contribution in [2.75, 3.05) is 0 Å². The van der Waals surface area contributed by atoms with Crippen molar-refractivity contribution in [1.29, 1.82) is 0 Å². The molecule has 0 spiro atoms.